The van der Waals surface area contributed by atoms with Gasteiger partial charge in [0, 0.05) is 5.75 Å². The van der Waals surface area contributed by atoms with E-state index in [2.05, 4.69) is 5.32 Å². The van der Waals surface area contributed by atoms with Crippen molar-refractivity contribution in [3.8, 4) is 0 Å². The smallest absolute Gasteiger partial charge is 0.277 e. The van der Waals surface area contributed by atoms with Crippen LogP contribution in [0.5, 0.6) is 0 Å². The number of urea groups is 1. The molecule has 4 amide bonds. The fraction of sp³-hybridized carbons (Fsp3) is 0.769. The molecule has 2 rings (SSSR count). The summed E-state index contributed by atoms with van der Waals surface area (Å²) >= 11 is 1.60. The fourth-order valence-electron chi connectivity index (χ4n) is 3.02. The molecule has 106 valence electrons. The van der Waals surface area contributed by atoms with Gasteiger partial charge in [-0.3, -0.25) is 19.8 Å². The van der Waals surface area contributed by atoms with Crippen LogP contribution >= 0.6 is 11.8 Å². The van der Waals surface area contributed by atoms with Crippen LogP contribution in [0.25, 0.3) is 0 Å². The second kappa shape index (κ2) is 5.53. The Morgan fingerprint density at radius 3 is 2.47 bits per heavy atom. The summed E-state index contributed by atoms with van der Waals surface area (Å²) in [6, 6.07) is -0.679. The first-order valence-electron chi connectivity index (χ1n) is 6.75. The van der Waals surface area contributed by atoms with Crippen LogP contribution in [0.1, 0.15) is 39.0 Å². The van der Waals surface area contributed by atoms with Crippen molar-refractivity contribution < 1.29 is 14.4 Å². The number of hydrogen-bond acceptors (Lipinski definition) is 4. The average molecular weight is 284 g/mol. The zero-order valence-corrected chi connectivity index (χ0v) is 12.2. The van der Waals surface area contributed by atoms with Gasteiger partial charge in [0.1, 0.15) is 5.41 Å². The highest BCUT2D eigenvalue weighted by atomic mass is 32.2. The first-order chi connectivity index (χ1) is 9.06. The summed E-state index contributed by atoms with van der Waals surface area (Å²) in [6.45, 7) is 1.96. The van der Waals surface area contributed by atoms with E-state index in [-0.39, 0.29) is 11.9 Å². The van der Waals surface area contributed by atoms with Crippen LogP contribution in [0.2, 0.25) is 0 Å². The molecule has 1 unspecified atom stereocenters. The Hall–Kier alpha value is -1.04. The van der Waals surface area contributed by atoms with Crippen LogP contribution in [-0.2, 0) is 9.59 Å². The zero-order chi connectivity index (χ0) is 14.0. The van der Waals surface area contributed by atoms with Gasteiger partial charge in [0.25, 0.3) is 0 Å². The first kappa shape index (κ1) is 14.4. The van der Waals surface area contributed by atoms with E-state index in [1.54, 1.807) is 11.8 Å². The topological polar surface area (TPSA) is 66.5 Å². The third-order valence-electron chi connectivity index (χ3n) is 4.15. The number of hydrogen-bond donors (Lipinski definition) is 1. The molecular formula is C13H20N2O3S. The molecule has 1 aliphatic heterocycles. The van der Waals surface area contributed by atoms with Crippen molar-refractivity contribution in [1.29, 1.82) is 0 Å². The van der Waals surface area contributed by atoms with E-state index in [0.717, 1.165) is 12.8 Å². The molecule has 0 aromatic carbocycles. The van der Waals surface area contributed by atoms with Gasteiger partial charge >= 0.3 is 6.03 Å². The molecule has 2 aliphatic rings. The molecule has 5 nitrogen and oxygen atoms in total. The molecule has 1 heterocycles. The van der Waals surface area contributed by atoms with E-state index in [1.807, 2.05) is 13.2 Å². The van der Waals surface area contributed by atoms with E-state index >= 15 is 0 Å². The number of nitrogens with zero attached hydrogens (tertiary/aromatic N) is 1. The normalized spacial score (nSPS) is 23.9. The number of amides is 4. The van der Waals surface area contributed by atoms with E-state index < -0.39 is 17.4 Å². The molecule has 6 heteroatoms. The van der Waals surface area contributed by atoms with Crippen molar-refractivity contribution >= 4 is 29.6 Å². The van der Waals surface area contributed by atoms with Crippen LogP contribution in [0.3, 0.4) is 0 Å². The molecule has 1 saturated heterocycles. The van der Waals surface area contributed by atoms with Crippen molar-refractivity contribution in [2.24, 2.45) is 5.41 Å². The lowest BCUT2D eigenvalue weighted by Gasteiger charge is -2.40. The molecule has 1 atom stereocenters. The molecule has 0 aromatic heterocycles. The van der Waals surface area contributed by atoms with E-state index in [4.69, 9.17) is 0 Å². The quantitative estimate of drug-likeness (QED) is 0.799. The third kappa shape index (κ3) is 2.26. The van der Waals surface area contributed by atoms with E-state index in [0.29, 0.717) is 25.0 Å². The Morgan fingerprint density at radius 1 is 1.32 bits per heavy atom. The molecule has 1 spiro atoms. The molecule has 1 N–H and O–H groups in total. The van der Waals surface area contributed by atoms with Gasteiger partial charge in [-0.05, 0) is 25.5 Å². The van der Waals surface area contributed by atoms with E-state index in [9.17, 15) is 14.4 Å². The number of rotatable bonds is 4. The van der Waals surface area contributed by atoms with Gasteiger partial charge in [0.05, 0.1) is 6.04 Å². The third-order valence-corrected chi connectivity index (χ3v) is 4.87. The highest BCUT2D eigenvalue weighted by molar-refractivity contribution is 7.98. The van der Waals surface area contributed by atoms with Gasteiger partial charge in [-0.2, -0.15) is 11.8 Å². The Balaban J connectivity index is 2.30. The van der Waals surface area contributed by atoms with Crippen LogP contribution in [0.4, 0.5) is 4.79 Å². The molecule has 19 heavy (non-hydrogen) atoms. The molecule has 0 radical (unpaired) electrons. The summed E-state index contributed by atoms with van der Waals surface area (Å²) in [5.74, 6) is 0.0369. The SMILES string of the molecule is CCC(CSC)N1C(=O)NC(=O)C2(CCCC2)C1=O. The second-order valence-corrected chi connectivity index (χ2v) is 6.15. The second-order valence-electron chi connectivity index (χ2n) is 5.24. The van der Waals surface area contributed by atoms with Crippen molar-refractivity contribution in [1.82, 2.24) is 10.2 Å². The maximum Gasteiger partial charge on any atom is 0.331 e. The molecule has 0 bridgehead atoms. The molecule has 2 fully saturated rings. The van der Waals surface area contributed by atoms with Gasteiger partial charge in [0.2, 0.25) is 11.8 Å². The van der Waals surface area contributed by atoms with Gasteiger partial charge in [-0.15, -0.1) is 0 Å². The zero-order valence-electron chi connectivity index (χ0n) is 11.4. The van der Waals surface area contributed by atoms with Crippen LogP contribution < -0.4 is 5.32 Å². The largest absolute Gasteiger partial charge is 0.331 e. The number of carbonyl (C=O) groups excluding carboxylic acids is 3. The summed E-state index contributed by atoms with van der Waals surface area (Å²) in [5.41, 5.74) is -0.972. The number of thioether (sulfide) groups is 1. The highest BCUT2D eigenvalue weighted by Gasteiger charge is 2.55. The Morgan fingerprint density at radius 2 is 1.95 bits per heavy atom. The Labute approximate surface area is 117 Å². The minimum atomic E-state index is -0.972. The number of barbiturate groups is 1. The summed E-state index contributed by atoms with van der Waals surface area (Å²) in [5, 5.41) is 2.38. The number of nitrogens with one attached hydrogen (secondary N) is 1. The standard InChI is InChI=1S/C13H20N2O3S/c1-3-9(8-19-2)15-11(17)13(6-4-5-7-13)10(16)14-12(15)18/h9H,3-8H2,1-2H3,(H,14,16,18). The predicted octanol–water partition coefficient (Wildman–Crippen LogP) is 1.77. The lowest BCUT2D eigenvalue weighted by molar-refractivity contribution is -0.152. The van der Waals surface area contributed by atoms with Crippen LogP contribution in [0, 0.1) is 5.41 Å². The molecule has 1 saturated carbocycles. The van der Waals surface area contributed by atoms with Gasteiger partial charge in [-0.25, -0.2) is 4.79 Å². The predicted molar refractivity (Wildman–Crippen MR) is 73.7 cm³/mol. The van der Waals surface area contributed by atoms with Crippen molar-refractivity contribution in [2.75, 3.05) is 12.0 Å². The van der Waals surface area contributed by atoms with E-state index in [1.165, 1.54) is 4.90 Å². The van der Waals surface area contributed by atoms with Gasteiger partial charge in [0.15, 0.2) is 0 Å². The molecular weight excluding hydrogens is 264 g/mol. The Kier molecular flexibility index (Phi) is 4.18. The highest BCUT2D eigenvalue weighted by Crippen LogP contribution is 2.42. The van der Waals surface area contributed by atoms with Crippen molar-refractivity contribution in [3.05, 3.63) is 0 Å². The fourth-order valence-corrected chi connectivity index (χ4v) is 3.78. The number of carbonyl (C=O) groups is 3. The van der Waals surface area contributed by atoms with Crippen LogP contribution in [0.15, 0.2) is 0 Å². The van der Waals surface area contributed by atoms with Crippen LogP contribution in [-0.4, -0.2) is 40.8 Å². The first-order valence-corrected chi connectivity index (χ1v) is 8.14. The summed E-state index contributed by atoms with van der Waals surface area (Å²) in [6.07, 6.45) is 5.55. The minimum absolute atomic E-state index is 0.131. The molecule has 0 aromatic rings. The van der Waals surface area contributed by atoms with Gasteiger partial charge in [-0.1, -0.05) is 19.8 Å². The summed E-state index contributed by atoms with van der Waals surface area (Å²) < 4.78 is 0. The summed E-state index contributed by atoms with van der Waals surface area (Å²) in [7, 11) is 0. The van der Waals surface area contributed by atoms with Crippen molar-refractivity contribution in [3.63, 3.8) is 0 Å². The van der Waals surface area contributed by atoms with Gasteiger partial charge < -0.3 is 0 Å². The molecule has 1 aliphatic carbocycles. The monoisotopic (exact) mass is 284 g/mol. The lowest BCUT2D eigenvalue weighted by Crippen LogP contribution is -2.65. The maximum absolute atomic E-state index is 12.7. The minimum Gasteiger partial charge on any atom is -0.277 e. The lowest BCUT2D eigenvalue weighted by atomic mass is 9.81. The summed E-state index contributed by atoms with van der Waals surface area (Å²) in [4.78, 5) is 38.0. The Bertz CT molecular complexity index is 405. The average Bonchev–Trinajstić information content (AvgIpc) is 2.86. The number of imide groups is 2. The maximum atomic E-state index is 12.7. The van der Waals surface area contributed by atoms with Crippen molar-refractivity contribution in [2.45, 2.75) is 45.1 Å².